The molecule has 0 spiro atoms. The molecule has 1 heterocycles. The average molecular weight is 326 g/mol. The molecule has 0 unspecified atom stereocenters. The first-order chi connectivity index (χ1) is 11.6. The fraction of sp³-hybridized carbons (Fsp3) is 0.263. The zero-order valence-corrected chi connectivity index (χ0v) is 14.4. The Bertz CT molecular complexity index is 837. The van der Waals surface area contributed by atoms with E-state index in [0.717, 1.165) is 5.52 Å². The number of nitrogens with zero attached hydrogens (tertiary/aromatic N) is 1. The lowest BCUT2D eigenvalue weighted by atomic mass is 10.0. The molecule has 3 rings (SSSR count). The standard InChI is InChI=1S/C17H16N2O3.C2H6/c1-10(2)11-6-7-15-14(9-11)19-16(21-15)12-4-3-5-13(8-12)17(20)22-18;1-2/h3-10H,18H2,1-2H3;1-2H3. The average Bonchev–Trinajstić information content (AvgIpc) is 3.06. The van der Waals surface area contributed by atoms with Crippen LogP contribution in [-0.2, 0) is 4.84 Å². The van der Waals surface area contributed by atoms with Crippen LogP contribution in [0.3, 0.4) is 0 Å². The maximum Gasteiger partial charge on any atom is 0.356 e. The number of carbonyl (C=O) groups is 1. The van der Waals surface area contributed by atoms with Gasteiger partial charge in [0, 0.05) is 5.56 Å². The summed E-state index contributed by atoms with van der Waals surface area (Å²) in [6.45, 7) is 8.26. The monoisotopic (exact) mass is 326 g/mol. The zero-order chi connectivity index (χ0) is 17.7. The van der Waals surface area contributed by atoms with Crippen molar-refractivity contribution in [1.29, 1.82) is 0 Å². The molecule has 0 aliphatic rings. The lowest BCUT2D eigenvalue weighted by Crippen LogP contribution is -2.09. The Morgan fingerprint density at radius 1 is 1.17 bits per heavy atom. The number of hydrogen-bond donors (Lipinski definition) is 1. The molecule has 0 radical (unpaired) electrons. The molecule has 0 saturated heterocycles. The Labute approximate surface area is 141 Å². The molecule has 0 bridgehead atoms. The van der Waals surface area contributed by atoms with Crippen molar-refractivity contribution in [2.45, 2.75) is 33.6 Å². The van der Waals surface area contributed by atoms with Gasteiger partial charge in [0.2, 0.25) is 5.89 Å². The van der Waals surface area contributed by atoms with Gasteiger partial charge in [-0.05, 0) is 41.8 Å². The number of aromatic nitrogens is 1. The van der Waals surface area contributed by atoms with Gasteiger partial charge in [0.25, 0.3) is 0 Å². The van der Waals surface area contributed by atoms with E-state index in [1.54, 1.807) is 18.2 Å². The molecule has 126 valence electrons. The highest BCUT2D eigenvalue weighted by atomic mass is 16.7. The summed E-state index contributed by atoms with van der Waals surface area (Å²) < 4.78 is 5.76. The number of fused-ring (bicyclic) bond motifs is 1. The minimum absolute atomic E-state index is 0.352. The number of oxazole rings is 1. The number of rotatable bonds is 3. The van der Waals surface area contributed by atoms with Crippen LogP contribution in [0.25, 0.3) is 22.6 Å². The van der Waals surface area contributed by atoms with Crippen LogP contribution in [0.2, 0.25) is 0 Å². The second kappa shape index (κ2) is 7.75. The normalized spacial score (nSPS) is 10.4. The van der Waals surface area contributed by atoms with Gasteiger partial charge in [0.05, 0.1) is 5.56 Å². The van der Waals surface area contributed by atoms with Crippen molar-refractivity contribution in [3.05, 3.63) is 53.6 Å². The Morgan fingerprint density at radius 2 is 1.92 bits per heavy atom. The van der Waals surface area contributed by atoms with E-state index in [4.69, 9.17) is 10.3 Å². The first-order valence-electron chi connectivity index (χ1n) is 8.00. The van der Waals surface area contributed by atoms with Gasteiger partial charge >= 0.3 is 5.97 Å². The molecule has 24 heavy (non-hydrogen) atoms. The maximum atomic E-state index is 11.5. The van der Waals surface area contributed by atoms with E-state index < -0.39 is 5.97 Å². The number of carbonyl (C=O) groups excluding carboxylic acids is 1. The highest BCUT2D eigenvalue weighted by Crippen LogP contribution is 2.27. The third kappa shape index (κ3) is 3.63. The number of hydrogen-bond acceptors (Lipinski definition) is 5. The van der Waals surface area contributed by atoms with Crippen LogP contribution >= 0.6 is 0 Å². The molecule has 0 aliphatic carbocycles. The van der Waals surface area contributed by atoms with E-state index in [1.807, 2.05) is 38.1 Å². The number of benzene rings is 2. The van der Waals surface area contributed by atoms with Crippen molar-refractivity contribution in [2.75, 3.05) is 0 Å². The molecule has 0 aliphatic heterocycles. The van der Waals surface area contributed by atoms with Crippen LogP contribution in [0.15, 0.2) is 46.9 Å². The van der Waals surface area contributed by atoms with Crippen LogP contribution in [0.5, 0.6) is 0 Å². The summed E-state index contributed by atoms with van der Waals surface area (Å²) >= 11 is 0. The SMILES string of the molecule is CC.CC(C)c1ccc2oc(-c3cccc(C(=O)ON)c3)nc2c1. The van der Waals surface area contributed by atoms with E-state index in [9.17, 15) is 4.79 Å². The summed E-state index contributed by atoms with van der Waals surface area (Å²) in [5.41, 5.74) is 3.77. The van der Waals surface area contributed by atoms with Gasteiger partial charge in [-0.3, -0.25) is 0 Å². The smallest absolute Gasteiger partial charge is 0.356 e. The summed E-state index contributed by atoms with van der Waals surface area (Å²) in [5.74, 6) is 5.20. The molecule has 5 nitrogen and oxygen atoms in total. The van der Waals surface area contributed by atoms with Crippen molar-refractivity contribution >= 4 is 17.1 Å². The Kier molecular flexibility index (Phi) is 5.71. The zero-order valence-electron chi connectivity index (χ0n) is 14.4. The largest absolute Gasteiger partial charge is 0.436 e. The van der Waals surface area contributed by atoms with Crippen molar-refractivity contribution in [2.24, 2.45) is 5.90 Å². The van der Waals surface area contributed by atoms with Gasteiger partial charge < -0.3 is 9.25 Å². The van der Waals surface area contributed by atoms with Crippen LogP contribution < -0.4 is 5.90 Å². The molecule has 3 aromatic rings. The molecule has 1 aromatic heterocycles. The van der Waals surface area contributed by atoms with E-state index in [0.29, 0.717) is 28.5 Å². The van der Waals surface area contributed by atoms with E-state index >= 15 is 0 Å². The predicted molar refractivity (Wildman–Crippen MR) is 94.5 cm³/mol. The lowest BCUT2D eigenvalue weighted by Gasteiger charge is -2.02. The van der Waals surface area contributed by atoms with Gasteiger partial charge in [0.1, 0.15) is 5.52 Å². The van der Waals surface area contributed by atoms with Gasteiger partial charge in [-0.2, -0.15) is 5.90 Å². The third-order valence-corrected chi connectivity index (χ3v) is 3.53. The van der Waals surface area contributed by atoms with E-state index in [2.05, 4.69) is 23.7 Å². The van der Waals surface area contributed by atoms with Gasteiger partial charge in [-0.1, -0.05) is 39.8 Å². The fourth-order valence-electron chi connectivity index (χ4n) is 2.27. The topological polar surface area (TPSA) is 78.3 Å². The van der Waals surface area contributed by atoms with Crippen molar-refractivity contribution in [3.63, 3.8) is 0 Å². The third-order valence-electron chi connectivity index (χ3n) is 3.53. The summed E-state index contributed by atoms with van der Waals surface area (Å²) in [6.07, 6.45) is 0. The molecular weight excluding hydrogens is 304 g/mol. The van der Waals surface area contributed by atoms with Gasteiger partial charge in [-0.15, -0.1) is 0 Å². The molecule has 0 saturated carbocycles. The number of nitrogens with two attached hydrogens (primary N) is 1. The summed E-state index contributed by atoms with van der Waals surface area (Å²) in [7, 11) is 0. The molecule has 2 aromatic carbocycles. The molecule has 0 atom stereocenters. The molecule has 0 amide bonds. The predicted octanol–water partition coefficient (Wildman–Crippen LogP) is 4.67. The quantitative estimate of drug-likeness (QED) is 0.707. The van der Waals surface area contributed by atoms with Crippen molar-refractivity contribution < 1.29 is 14.0 Å². The maximum absolute atomic E-state index is 11.5. The van der Waals surface area contributed by atoms with E-state index in [1.165, 1.54) is 5.56 Å². The van der Waals surface area contributed by atoms with Gasteiger partial charge in [0.15, 0.2) is 5.58 Å². The van der Waals surface area contributed by atoms with Gasteiger partial charge in [-0.25, -0.2) is 9.78 Å². The van der Waals surface area contributed by atoms with Crippen LogP contribution in [0.4, 0.5) is 0 Å². The van der Waals surface area contributed by atoms with Crippen LogP contribution in [0, 0.1) is 0 Å². The summed E-state index contributed by atoms with van der Waals surface area (Å²) in [5, 5.41) is 0. The van der Waals surface area contributed by atoms with Crippen molar-refractivity contribution in [3.8, 4) is 11.5 Å². The minimum atomic E-state index is -0.597. The molecule has 2 N–H and O–H groups in total. The molecule has 0 fully saturated rings. The summed E-state index contributed by atoms with van der Waals surface area (Å²) in [4.78, 5) is 20.2. The second-order valence-corrected chi connectivity index (χ2v) is 5.39. The highest BCUT2D eigenvalue weighted by molar-refractivity contribution is 5.90. The first kappa shape index (κ1) is 17.7. The van der Waals surface area contributed by atoms with Crippen molar-refractivity contribution in [1.82, 2.24) is 4.98 Å². The minimum Gasteiger partial charge on any atom is -0.436 e. The fourth-order valence-corrected chi connectivity index (χ4v) is 2.27. The second-order valence-electron chi connectivity index (χ2n) is 5.39. The van der Waals surface area contributed by atoms with Crippen LogP contribution in [0.1, 0.15) is 49.5 Å². The first-order valence-corrected chi connectivity index (χ1v) is 8.00. The molecule has 5 heteroatoms. The Balaban J connectivity index is 0.00000100. The molecular formula is C19H22N2O3. The van der Waals surface area contributed by atoms with Crippen LogP contribution in [-0.4, -0.2) is 11.0 Å². The highest BCUT2D eigenvalue weighted by Gasteiger charge is 2.12. The summed E-state index contributed by atoms with van der Waals surface area (Å²) in [6, 6.07) is 12.8. The lowest BCUT2D eigenvalue weighted by molar-refractivity contribution is 0.0503. The Morgan fingerprint density at radius 3 is 2.58 bits per heavy atom. The van der Waals surface area contributed by atoms with E-state index in [-0.39, 0.29) is 0 Å². The Hall–Kier alpha value is -2.66.